The first kappa shape index (κ1) is 24.6. The first-order valence-corrected chi connectivity index (χ1v) is 11.5. The maximum absolute atomic E-state index is 12.9. The van der Waals surface area contributed by atoms with Crippen molar-refractivity contribution in [2.45, 2.75) is 19.8 Å². The number of ether oxygens (including phenoxy) is 4. The molecule has 7 nitrogen and oxygen atoms in total. The van der Waals surface area contributed by atoms with Crippen LogP contribution in [0.15, 0.2) is 91.3 Å². The molecular weight excluding hydrogens is 456 g/mol. The van der Waals surface area contributed by atoms with Gasteiger partial charge in [-0.05, 0) is 41.5 Å². The molecule has 0 fully saturated rings. The number of pyridine rings is 1. The normalized spacial score (nSPS) is 10.4. The number of nitrogens with one attached hydrogen (secondary N) is 1. The molecule has 0 aliphatic heterocycles. The predicted octanol–water partition coefficient (Wildman–Crippen LogP) is 5.19. The predicted molar refractivity (Wildman–Crippen MR) is 137 cm³/mol. The number of carbonyl (C=O) groups is 1. The quantitative estimate of drug-likeness (QED) is 0.316. The summed E-state index contributed by atoms with van der Waals surface area (Å²) >= 11 is 0. The molecule has 0 bridgehead atoms. The van der Waals surface area contributed by atoms with E-state index in [4.69, 9.17) is 18.9 Å². The van der Waals surface area contributed by atoms with E-state index in [1.54, 1.807) is 24.5 Å². The Morgan fingerprint density at radius 2 is 1.44 bits per heavy atom. The Morgan fingerprint density at radius 1 is 0.778 bits per heavy atom. The fourth-order valence-corrected chi connectivity index (χ4v) is 3.52. The molecule has 0 unspecified atom stereocenters. The number of amides is 1. The average Bonchev–Trinajstić information content (AvgIpc) is 2.94. The van der Waals surface area contributed by atoms with Gasteiger partial charge in [0.1, 0.15) is 19.0 Å². The first-order chi connectivity index (χ1) is 17.7. The Morgan fingerprint density at radius 3 is 2.08 bits per heavy atom. The van der Waals surface area contributed by atoms with Gasteiger partial charge in [0.15, 0.2) is 11.5 Å². The summed E-state index contributed by atoms with van der Waals surface area (Å²) in [4.78, 5) is 17.0. The van der Waals surface area contributed by atoms with Crippen molar-refractivity contribution < 1.29 is 23.7 Å². The summed E-state index contributed by atoms with van der Waals surface area (Å²) in [5.41, 5.74) is 3.36. The van der Waals surface area contributed by atoms with E-state index in [2.05, 4.69) is 10.3 Å². The summed E-state index contributed by atoms with van der Waals surface area (Å²) in [5.74, 6) is 1.78. The molecule has 0 radical (unpaired) electrons. The van der Waals surface area contributed by atoms with Crippen molar-refractivity contribution >= 4 is 5.91 Å². The van der Waals surface area contributed by atoms with Crippen molar-refractivity contribution in [2.75, 3.05) is 14.2 Å². The van der Waals surface area contributed by atoms with Crippen LogP contribution < -0.4 is 24.3 Å². The minimum atomic E-state index is -0.252. The van der Waals surface area contributed by atoms with Gasteiger partial charge in [-0.1, -0.05) is 48.5 Å². The fourth-order valence-electron chi connectivity index (χ4n) is 3.52. The largest absolute Gasteiger partial charge is 0.493 e. The van der Waals surface area contributed by atoms with Crippen molar-refractivity contribution in [3.8, 4) is 23.0 Å². The van der Waals surface area contributed by atoms with Gasteiger partial charge < -0.3 is 24.3 Å². The number of hydrogen-bond acceptors (Lipinski definition) is 6. The lowest BCUT2D eigenvalue weighted by molar-refractivity contribution is 0.0950. The summed E-state index contributed by atoms with van der Waals surface area (Å²) in [6.07, 6.45) is 3.50. The lowest BCUT2D eigenvalue weighted by atomic mass is 10.1. The number of aromatic nitrogens is 1. The molecule has 1 N–H and O–H groups in total. The van der Waals surface area contributed by atoms with Crippen LogP contribution in [0.25, 0.3) is 0 Å². The number of methoxy groups -OCH3 is 2. The van der Waals surface area contributed by atoms with E-state index >= 15 is 0 Å². The molecule has 0 saturated carbocycles. The van der Waals surface area contributed by atoms with Crippen LogP contribution in [0.1, 0.15) is 27.0 Å². The van der Waals surface area contributed by atoms with E-state index < -0.39 is 0 Å². The smallest absolute Gasteiger partial charge is 0.251 e. The summed E-state index contributed by atoms with van der Waals surface area (Å²) in [5, 5.41) is 2.93. The molecule has 36 heavy (non-hydrogen) atoms. The van der Waals surface area contributed by atoms with E-state index in [0.29, 0.717) is 42.6 Å². The van der Waals surface area contributed by atoms with Crippen LogP contribution in [-0.2, 0) is 19.8 Å². The van der Waals surface area contributed by atoms with Crippen LogP contribution in [0.5, 0.6) is 23.0 Å². The zero-order valence-corrected chi connectivity index (χ0v) is 20.3. The third-order valence-corrected chi connectivity index (χ3v) is 5.45. The molecule has 1 aromatic heterocycles. The topological polar surface area (TPSA) is 78.9 Å². The Labute approximate surface area is 210 Å². The second kappa shape index (κ2) is 12.3. The van der Waals surface area contributed by atoms with Crippen LogP contribution in [0.4, 0.5) is 0 Å². The van der Waals surface area contributed by atoms with Gasteiger partial charge >= 0.3 is 0 Å². The zero-order valence-electron chi connectivity index (χ0n) is 20.3. The molecule has 0 spiro atoms. The summed E-state index contributed by atoms with van der Waals surface area (Å²) in [6.45, 7) is 1.15. The third kappa shape index (κ3) is 6.54. The van der Waals surface area contributed by atoms with Crippen molar-refractivity contribution in [1.82, 2.24) is 10.3 Å². The highest BCUT2D eigenvalue weighted by Gasteiger charge is 2.18. The average molecular weight is 485 g/mol. The Balaban J connectivity index is 1.36. The molecule has 4 aromatic rings. The molecule has 0 saturated heterocycles. The van der Waals surface area contributed by atoms with Crippen LogP contribution >= 0.6 is 0 Å². The molecule has 0 atom stereocenters. The van der Waals surface area contributed by atoms with Gasteiger partial charge in [0.2, 0.25) is 5.75 Å². The highest BCUT2D eigenvalue weighted by molar-refractivity contribution is 5.95. The number of hydrogen-bond donors (Lipinski definition) is 1. The standard InChI is InChI=1S/C29H28N2O5/c1-33-26-15-24(16-27(34-2)28(26)36-19-22-7-4-3-5-8-22)29(32)31-18-21-10-12-25(13-11-21)35-20-23-9-6-14-30-17-23/h3-17H,18-20H2,1-2H3,(H,31,32). The molecule has 3 aromatic carbocycles. The molecule has 1 heterocycles. The molecule has 184 valence electrons. The van der Waals surface area contributed by atoms with E-state index in [1.165, 1.54) is 14.2 Å². The van der Waals surface area contributed by atoms with Crippen LogP contribution in [0.2, 0.25) is 0 Å². The second-order valence-corrected chi connectivity index (χ2v) is 7.96. The van der Waals surface area contributed by atoms with Gasteiger partial charge in [0.05, 0.1) is 14.2 Å². The van der Waals surface area contributed by atoms with Gasteiger partial charge in [-0.25, -0.2) is 0 Å². The highest BCUT2D eigenvalue weighted by Crippen LogP contribution is 2.39. The lowest BCUT2D eigenvalue weighted by Gasteiger charge is -2.16. The van der Waals surface area contributed by atoms with Gasteiger partial charge in [0.25, 0.3) is 5.91 Å². The maximum Gasteiger partial charge on any atom is 0.251 e. The van der Waals surface area contributed by atoms with E-state index in [0.717, 1.165) is 22.4 Å². The number of carbonyl (C=O) groups excluding carboxylic acids is 1. The van der Waals surface area contributed by atoms with Crippen LogP contribution in [0, 0.1) is 0 Å². The molecule has 0 aliphatic carbocycles. The minimum Gasteiger partial charge on any atom is -0.493 e. The Bertz CT molecular complexity index is 1240. The van der Waals surface area contributed by atoms with Crippen molar-refractivity contribution in [2.24, 2.45) is 0 Å². The lowest BCUT2D eigenvalue weighted by Crippen LogP contribution is -2.23. The van der Waals surface area contributed by atoms with Gasteiger partial charge in [-0.15, -0.1) is 0 Å². The molecule has 4 rings (SSSR count). The first-order valence-electron chi connectivity index (χ1n) is 11.5. The number of benzene rings is 3. The Hall–Kier alpha value is -4.52. The molecule has 1 amide bonds. The number of rotatable bonds is 11. The monoisotopic (exact) mass is 484 g/mol. The molecule has 0 aliphatic rings. The van der Waals surface area contributed by atoms with E-state index in [1.807, 2.05) is 66.7 Å². The van der Waals surface area contributed by atoms with Crippen molar-refractivity contribution in [3.05, 3.63) is 114 Å². The van der Waals surface area contributed by atoms with E-state index in [-0.39, 0.29) is 5.91 Å². The van der Waals surface area contributed by atoms with Gasteiger partial charge in [-0.3, -0.25) is 9.78 Å². The maximum atomic E-state index is 12.9. The van der Waals surface area contributed by atoms with Crippen molar-refractivity contribution in [3.63, 3.8) is 0 Å². The van der Waals surface area contributed by atoms with Crippen molar-refractivity contribution in [1.29, 1.82) is 0 Å². The van der Waals surface area contributed by atoms with E-state index in [9.17, 15) is 4.79 Å². The van der Waals surface area contributed by atoms with Crippen LogP contribution in [-0.4, -0.2) is 25.1 Å². The molecule has 7 heteroatoms. The number of nitrogens with zero attached hydrogens (tertiary/aromatic N) is 1. The highest BCUT2D eigenvalue weighted by atomic mass is 16.5. The van der Waals surface area contributed by atoms with Gasteiger partial charge in [0, 0.05) is 30.1 Å². The fraction of sp³-hybridized carbons (Fsp3) is 0.172. The summed E-state index contributed by atoms with van der Waals surface area (Å²) in [7, 11) is 3.06. The van der Waals surface area contributed by atoms with Gasteiger partial charge in [-0.2, -0.15) is 0 Å². The minimum absolute atomic E-state index is 0.252. The zero-order chi connectivity index (χ0) is 25.2. The summed E-state index contributed by atoms with van der Waals surface area (Å²) in [6, 6.07) is 24.5. The summed E-state index contributed by atoms with van der Waals surface area (Å²) < 4.78 is 22.7. The SMILES string of the molecule is COc1cc(C(=O)NCc2ccc(OCc3cccnc3)cc2)cc(OC)c1OCc1ccccc1. The molecular formula is C29H28N2O5. The third-order valence-electron chi connectivity index (χ3n) is 5.45. The van der Waals surface area contributed by atoms with Crippen LogP contribution in [0.3, 0.4) is 0 Å². The second-order valence-electron chi connectivity index (χ2n) is 7.96. The Kier molecular flexibility index (Phi) is 8.38.